The standard InChI is InChI=1S/C11H14F2N2O2/c1-15-6-7-4-8(12)11(9(13)5-7)17-3-2-10(14)16/h4-5,15H,2-3,6H2,1H3,(H2,14,16). The van der Waals surface area contributed by atoms with Crippen LogP contribution in [0.1, 0.15) is 12.0 Å². The van der Waals surface area contributed by atoms with Gasteiger partial charge in [0.15, 0.2) is 17.4 Å². The number of carbonyl (C=O) groups excluding carboxylic acids is 1. The summed E-state index contributed by atoms with van der Waals surface area (Å²) in [7, 11) is 1.67. The predicted octanol–water partition coefficient (Wildman–Crippen LogP) is 0.938. The zero-order chi connectivity index (χ0) is 12.8. The van der Waals surface area contributed by atoms with Gasteiger partial charge in [-0.2, -0.15) is 0 Å². The lowest BCUT2D eigenvalue weighted by Gasteiger charge is -2.09. The number of primary amides is 1. The van der Waals surface area contributed by atoms with E-state index in [0.717, 1.165) is 0 Å². The number of benzene rings is 1. The van der Waals surface area contributed by atoms with Crippen LogP contribution in [0.5, 0.6) is 5.75 Å². The lowest BCUT2D eigenvalue weighted by molar-refractivity contribution is -0.118. The Morgan fingerprint density at radius 3 is 2.47 bits per heavy atom. The predicted molar refractivity (Wildman–Crippen MR) is 58.4 cm³/mol. The normalized spacial score (nSPS) is 10.3. The van der Waals surface area contributed by atoms with Crippen molar-refractivity contribution in [3.8, 4) is 5.75 Å². The highest BCUT2D eigenvalue weighted by molar-refractivity contribution is 5.73. The van der Waals surface area contributed by atoms with Crippen LogP contribution in [0.4, 0.5) is 8.78 Å². The van der Waals surface area contributed by atoms with Gasteiger partial charge in [-0.25, -0.2) is 8.78 Å². The van der Waals surface area contributed by atoms with Gasteiger partial charge < -0.3 is 15.8 Å². The molecule has 0 saturated carbocycles. The van der Waals surface area contributed by atoms with E-state index in [0.29, 0.717) is 12.1 Å². The number of nitrogens with two attached hydrogens (primary N) is 1. The van der Waals surface area contributed by atoms with Crippen LogP contribution in [-0.2, 0) is 11.3 Å². The number of carbonyl (C=O) groups is 1. The molecule has 6 heteroatoms. The van der Waals surface area contributed by atoms with E-state index in [1.165, 1.54) is 12.1 Å². The van der Waals surface area contributed by atoms with Crippen LogP contribution >= 0.6 is 0 Å². The van der Waals surface area contributed by atoms with E-state index < -0.39 is 23.3 Å². The molecule has 0 aliphatic heterocycles. The Hall–Kier alpha value is -1.69. The fourth-order valence-corrected chi connectivity index (χ4v) is 1.31. The summed E-state index contributed by atoms with van der Waals surface area (Å²) in [6, 6.07) is 2.36. The SMILES string of the molecule is CNCc1cc(F)c(OCCC(N)=O)c(F)c1. The molecule has 0 atom stereocenters. The molecule has 1 aromatic rings. The summed E-state index contributed by atoms with van der Waals surface area (Å²) in [4.78, 5) is 10.4. The number of rotatable bonds is 6. The van der Waals surface area contributed by atoms with Crippen LogP contribution in [0.3, 0.4) is 0 Å². The van der Waals surface area contributed by atoms with E-state index >= 15 is 0 Å². The molecule has 0 fully saturated rings. The van der Waals surface area contributed by atoms with E-state index in [-0.39, 0.29) is 13.0 Å². The van der Waals surface area contributed by atoms with E-state index in [9.17, 15) is 13.6 Å². The average Bonchev–Trinajstić information content (AvgIpc) is 2.22. The Balaban J connectivity index is 2.75. The van der Waals surface area contributed by atoms with Gasteiger partial charge in [0.25, 0.3) is 0 Å². The first-order chi connectivity index (χ1) is 8.04. The summed E-state index contributed by atoms with van der Waals surface area (Å²) in [6.07, 6.45) is -0.0862. The lowest BCUT2D eigenvalue weighted by Crippen LogP contribution is -2.15. The van der Waals surface area contributed by atoms with Crippen LogP contribution in [-0.4, -0.2) is 19.6 Å². The first-order valence-corrected chi connectivity index (χ1v) is 5.08. The van der Waals surface area contributed by atoms with Gasteiger partial charge in [-0.05, 0) is 24.7 Å². The molecular weight excluding hydrogens is 230 g/mol. The molecule has 0 unspecified atom stereocenters. The monoisotopic (exact) mass is 244 g/mol. The van der Waals surface area contributed by atoms with Gasteiger partial charge in [-0.15, -0.1) is 0 Å². The molecule has 4 nitrogen and oxygen atoms in total. The van der Waals surface area contributed by atoms with E-state index in [1.54, 1.807) is 7.05 Å². The molecule has 0 saturated heterocycles. The van der Waals surface area contributed by atoms with E-state index in [2.05, 4.69) is 5.32 Å². The van der Waals surface area contributed by atoms with Crippen LogP contribution in [0, 0.1) is 11.6 Å². The van der Waals surface area contributed by atoms with Crippen LogP contribution in [0.25, 0.3) is 0 Å². The van der Waals surface area contributed by atoms with Gasteiger partial charge in [0, 0.05) is 6.54 Å². The zero-order valence-corrected chi connectivity index (χ0v) is 9.43. The number of nitrogens with one attached hydrogen (secondary N) is 1. The molecule has 0 aromatic heterocycles. The molecule has 17 heavy (non-hydrogen) atoms. The van der Waals surface area contributed by atoms with Crippen molar-refractivity contribution in [1.82, 2.24) is 5.32 Å². The minimum atomic E-state index is -0.792. The van der Waals surface area contributed by atoms with Crippen LogP contribution < -0.4 is 15.8 Å². The molecule has 94 valence electrons. The number of amides is 1. The molecule has 1 amide bonds. The first kappa shape index (κ1) is 13.4. The molecule has 3 N–H and O–H groups in total. The summed E-state index contributed by atoms with van der Waals surface area (Å²) in [5.74, 6) is -2.65. The van der Waals surface area contributed by atoms with Crippen molar-refractivity contribution in [3.63, 3.8) is 0 Å². The van der Waals surface area contributed by atoms with E-state index in [1.807, 2.05) is 0 Å². The zero-order valence-electron chi connectivity index (χ0n) is 9.43. The molecule has 0 aliphatic rings. The van der Waals surface area contributed by atoms with Crippen molar-refractivity contribution >= 4 is 5.91 Å². The highest BCUT2D eigenvalue weighted by Crippen LogP contribution is 2.23. The maximum Gasteiger partial charge on any atom is 0.220 e. The van der Waals surface area contributed by atoms with Crippen molar-refractivity contribution in [2.45, 2.75) is 13.0 Å². The summed E-state index contributed by atoms with van der Waals surface area (Å²) < 4.78 is 31.7. The molecule has 0 heterocycles. The second-order valence-electron chi connectivity index (χ2n) is 3.48. The minimum Gasteiger partial charge on any atom is -0.487 e. The summed E-state index contributed by atoms with van der Waals surface area (Å²) in [6.45, 7) is 0.212. The number of hydrogen-bond acceptors (Lipinski definition) is 3. The Morgan fingerprint density at radius 2 is 2.00 bits per heavy atom. The maximum absolute atomic E-state index is 13.4. The molecule has 0 radical (unpaired) electrons. The van der Waals surface area contributed by atoms with Gasteiger partial charge in [-0.1, -0.05) is 0 Å². The Labute approximate surface area is 97.8 Å². The van der Waals surface area contributed by atoms with Gasteiger partial charge in [0.1, 0.15) is 0 Å². The largest absolute Gasteiger partial charge is 0.487 e. The second-order valence-corrected chi connectivity index (χ2v) is 3.48. The van der Waals surface area contributed by atoms with E-state index in [4.69, 9.17) is 10.5 Å². The first-order valence-electron chi connectivity index (χ1n) is 5.08. The third kappa shape index (κ3) is 3.99. The summed E-state index contributed by atoms with van der Waals surface area (Å²) in [5.41, 5.74) is 5.36. The maximum atomic E-state index is 13.4. The molecular formula is C11H14F2N2O2. The summed E-state index contributed by atoms with van der Waals surface area (Å²) >= 11 is 0. The number of halogens is 2. The Morgan fingerprint density at radius 1 is 1.41 bits per heavy atom. The van der Waals surface area contributed by atoms with Crippen molar-refractivity contribution < 1.29 is 18.3 Å². The second kappa shape index (κ2) is 6.15. The lowest BCUT2D eigenvalue weighted by atomic mass is 10.2. The van der Waals surface area contributed by atoms with Crippen molar-refractivity contribution in [2.75, 3.05) is 13.7 Å². The third-order valence-electron chi connectivity index (χ3n) is 2.03. The van der Waals surface area contributed by atoms with Gasteiger partial charge in [0.2, 0.25) is 5.91 Å². The average molecular weight is 244 g/mol. The van der Waals surface area contributed by atoms with Crippen molar-refractivity contribution in [1.29, 1.82) is 0 Å². The van der Waals surface area contributed by atoms with Gasteiger partial charge in [-0.3, -0.25) is 4.79 Å². The van der Waals surface area contributed by atoms with Crippen molar-refractivity contribution in [2.24, 2.45) is 5.73 Å². The van der Waals surface area contributed by atoms with Crippen LogP contribution in [0.15, 0.2) is 12.1 Å². The highest BCUT2D eigenvalue weighted by atomic mass is 19.1. The number of ether oxygens (including phenoxy) is 1. The molecule has 1 aromatic carbocycles. The Kier molecular flexibility index (Phi) is 4.84. The highest BCUT2D eigenvalue weighted by Gasteiger charge is 2.12. The number of hydrogen-bond donors (Lipinski definition) is 2. The van der Waals surface area contributed by atoms with Gasteiger partial charge >= 0.3 is 0 Å². The third-order valence-corrected chi connectivity index (χ3v) is 2.03. The molecule has 1 rings (SSSR count). The van der Waals surface area contributed by atoms with Crippen molar-refractivity contribution in [3.05, 3.63) is 29.3 Å². The minimum absolute atomic E-state index is 0.0862. The molecule has 0 bridgehead atoms. The smallest absolute Gasteiger partial charge is 0.220 e. The quantitative estimate of drug-likeness (QED) is 0.782. The Bertz CT molecular complexity index is 387. The molecule has 0 spiro atoms. The molecule has 0 aliphatic carbocycles. The summed E-state index contributed by atoms with van der Waals surface area (Å²) in [5, 5.41) is 2.78. The van der Waals surface area contributed by atoms with Gasteiger partial charge in [0.05, 0.1) is 13.0 Å². The fourth-order valence-electron chi connectivity index (χ4n) is 1.31. The topological polar surface area (TPSA) is 64.3 Å². The fraction of sp³-hybridized carbons (Fsp3) is 0.364. The van der Waals surface area contributed by atoms with Crippen LogP contribution in [0.2, 0.25) is 0 Å².